The largest absolute Gasteiger partial charge is 0.341 e. The number of benzene rings is 2. The van der Waals surface area contributed by atoms with Crippen LogP contribution in [0, 0.1) is 6.92 Å². The maximum atomic E-state index is 12.6. The van der Waals surface area contributed by atoms with Crippen LogP contribution in [0.15, 0.2) is 83.8 Å². The monoisotopic (exact) mass is 327 g/mol. The van der Waals surface area contributed by atoms with E-state index in [1.54, 1.807) is 18.3 Å². The Morgan fingerprint density at radius 2 is 1.60 bits per heavy atom. The lowest BCUT2D eigenvalue weighted by molar-refractivity contribution is 1.07. The van der Waals surface area contributed by atoms with Gasteiger partial charge in [-0.1, -0.05) is 36.4 Å². The van der Waals surface area contributed by atoms with Gasteiger partial charge >= 0.3 is 0 Å². The van der Waals surface area contributed by atoms with Gasteiger partial charge in [0.2, 0.25) is 0 Å². The van der Waals surface area contributed by atoms with E-state index < -0.39 is 0 Å². The molecule has 4 nitrogen and oxygen atoms in total. The summed E-state index contributed by atoms with van der Waals surface area (Å²) in [6.07, 6.45) is 1.68. The van der Waals surface area contributed by atoms with Crippen LogP contribution in [0.4, 0.5) is 11.5 Å². The molecule has 0 radical (unpaired) electrons. The fraction of sp³-hybridized carbons (Fsp3) is 0.0476. The standard InChI is InChI=1S/C21H17N3O/c1-15-21-18(12-13-22-15)19(25)14-20(23-16-8-4-2-5-9-16)24(21)17-10-6-3-7-11-17/h2-14,23H,1H3. The third-order valence-electron chi connectivity index (χ3n) is 4.17. The van der Waals surface area contributed by atoms with Crippen molar-refractivity contribution in [1.82, 2.24) is 9.55 Å². The zero-order valence-electron chi connectivity index (χ0n) is 13.8. The van der Waals surface area contributed by atoms with Crippen LogP contribution in [-0.4, -0.2) is 9.55 Å². The van der Waals surface area contributed by atoms with E-state index in [9.17, 15) is 4.79 Å². The highest BCUT2D eigenvalue weighted by Gasteiger charge is 2.13. The molecular formula is C21H17N3O. The summed E-state index contributed by atoms with van der Waals surface area (Å²) in [5.74, 6) is 0.714. The van der Waals surface area contributed by atoms with E-state index in [0.717, 1.165) is 22.6 Å². The quantitative estimate of drug-likeness (QED) is 0.605. The molecule has 0 aliphatic carbocycles. The van der Waals surface area contributed by atoms with Crippen LogP contribution < -0.4 is 10.7 Å². The Labute approximate surface area is 145 Å². The van der Waals surface area contributed by atoms with Crippen LogP contribution in [0.3, 0.4) is 0 Å². The predicted octanol–water partition coefficient (Wildman–Crippen LogP) is 4.44. The van der Waals surface area contributed by atoms with Crippen molar-refractivity contribution in [2.24, 2.45) is 0 Å². The summed E-state index contributed by atoms with van der Waals surface area (Å²) >= 11 is 0. The number of hydrogen-bond donors (Lipinski definition) is 1. The molecule has 2 aromatic carbocycles. The van der Waals surface area contributed by atoms with E-state index in [1.807, 2.05) is 72.2 Å². The van der Waals surface area contributed by atoms with Crippen molar-refractivity contribution >= 4 is 22.4 Å². The van der Waals surface area contributed by atoms with Gasteiger partial charge in [-0.2, -0.15) is 0 Å². The van der Waals surface area contributed by atoms with E-state index in [1.165, 1.54) is 0 Å². The molecule has 0 saturated heterocycles. The maximum absolute atomic E-state index is 12.6. The van der Waals surface area contributed by atoms with Crippen molar-refractivity contribution < 1.29 is 0 Å². The van der Waals surface area contributed by atoms with Gasteiger partial charge in [-0.15, -0.1) is 0 Å². The number of para-hydroxylation sites is 2. The third-order valence-corrected chi connectivity index (χ3v) is 4.17. The summed E-state index contributed by atoms with van der Waals surface area (Å²) < 4.78 is 2.05. The summed E-state index contributed by atoms with van der Waals surface area (Å²) in [6.45, 7) is 1.92. The van der Waals surface area contributed by atoms with Gasteiger partial charge in [-0.3, -0.25) is 14.3 Å². The van der Waals surface area contributed by atoms with Gasteiger partial charge < -0.3 is 5.32 Å². The van der Waals surface area contributed by atoms with Crippen molar-refractivity contribution in [3.05, 3.63) is 94.9 Å². The molecule has 0 aliphatic heterocycles. The van der Waals surface area contributed by atoms with Crippen molar-refractivity contribution in [2.45, 2.75) is 6.92 Å². The Bertz CT molecular complexity index is 1090. The molecule has 4 heteroatoms. The topological polar surface area (TPSA) is 46.9 Å². The molecule has 0 amide bonds. The van der Waals surface area contributed by atoms with Crippen LogP contribution in [0.25, 0.3) is 16.6 Å². The molecule has 0 unspecified atom stereocenters. The minimum atomic E-state index is -0.0221. The van der Waals surface area contributed by atoms with Crippen LogP contribution >= 0.6 is 0 Å². The number of aromatic nitrogens is 2. The second kappa shape index (κ2) is 6.24. The van der Waals surface area contributed by atoms with Gasteiger partial charge in [0, 0.05) is 29.0 Å². The second-order valence-corrected chi connectivity index (χ2v) is 5.85. The lowest BCUT2D eigenvalue weighted by atomic mass is 10.1. The molecule has 4 aromatic rings. The Hall–Kier alpha value is -3.40. The minimum Gasteiger partial charge on any atom is -0.341 e. The number of rotatable bonds is 3. The fourth-order valence-electron chi connectivity index (χ4n) is 3.03. The smallest absolute Gasteiger partial charge is 0.191 e. The highest BCUT2D eigenvalue weighted by molar-refractivity contribution is 5.85. The van der Waals surface area contributed by atoms with Crippen LogP contribution in [0.5, 0.6) is 0 Å². The van der Waals surface area contributed by atoms with Crippen LogP contribution in [-0.2, 0) is 0 Å². The van der Waals surface area contributed by atoms with Crippen molar-refractivity contribution in [1.29, 1.82) is 0 Å². The van der Waals surface area contributed by atoms with Crippen LogP contribution in [0.2, 0.25) is 0 Å². The number of pyridine rings is 2. The van der Waals surface area contributed by atoms with Gasteiger partial charge in [0.05, 0.1) is 11.2 Å². The van der Waals surface area contributed by atoms with E-state index in [-0.39, 0.29) is 5.43 Å². The molecule has 0 saturated carbocycles. The maximum Gasteiger partial charge on any atom is 0.191 e. The molecule has 4 rings (SSSR count). The normalized spacial score (nSPS) is 10.8. The average Bonchev–Trinajstić information content (AvgIpc) is 2.64. The summed E-state index contributed by atoms with van der Waals surface area (Å²) in [4.78, 5) is 17.0. The van der Waals surface area contributed by atoms with Crippen molar-refractivity contribution in [3.8, 4) is 5.69 Å². The zero-order valence-corrected chi connectivity index (χ0v) is 13.8. The first-order valence-electron chi connectivity index (χ1n) is 8.13. The minimum absolute atomic E-state index is 0.0221. The fourth-order valence-corrected chi connectivity index (χ4v) is 3.03. The number of anilines is 2. The Morgan fingerprint density at radius 1 is 0.920 bits per heavy atom. The highest BCUT2D eigenvalue weighted by atomic mass is 16.1. The van der Waals surface area contributed by atoms with Gasteiger partial charge in [0.25, 0.3) is 0 Å². The zero-order chi connectivity index (χ0) is 17.2. The van der Waals surface area contributed by atoms with Crippen molar-refractivity contribution in [2.75, 3.05) is 5.32 Å². The summed E-state index contributed by atoms with van der Waals surface area (Å²) in [7, 11) is 0. The molecule has 0 spiro atoms. The molecule has 1 N–H and O–H groups in total. The third kappa shape index (κ3) is 2.78. The summed E-state index contributed by atoms with van der Waals surface area (Å²) in [5.41, 5.74) is 3.51. The summed E-state index contributed by atoms with van der Waals surface area (Å²) in [6, 6.07) is 23.2. The molecule has 2 aromatic heterocycles. The van der Waals surface area contributed by atoms with Gasteiger partial charge in [-0.05, 0) is 37.3 Å². The van der Waals surface area contributed by atoms with Gasteiger partial charge in [0.15, 0.2) is 5.43 Å². The molecule has 25 heavy (non-hydrogen) atoms. The average molecular weight is 327 g/mol. The SMILES string of the molecule is Cc1nccc2c(=O)cc(Nc3ccccc3)n(-c3ccccc3)c12. The van der Waals surface area contributed by atoms with E-state index >= 15 is 0 Å². The van der Waals surface area contributed by atoms with Gasteiger partial charge in [0.1, 0.15) is 5.82 Å². The molecule has 0 aliphatic rings. The molecule has 2 heterocycles. The lowest BCUT2D eigenvalue weighted by Gasteiger charge is -2.19. The number of nitrogens with zero attached hydrogens (tertiary/aromatic N) is 2. The first kappa shape index (κ1) is 15.1. The first-order chi connectivity index (χ1) is 12.2. The second-order valence-electron chi connectivity index (χ2n) is 5.85. The van der Waals surface area contributed by atoms with E-state index in [2.05, 4.69) is 10.3 Å². The first-order valence-corrected chi connectivity index (χ1v) is 8.13. The Morgan fingerprint density at radius 3 is 2.32 bits per heavy atom. The lowest BCUT2D eigenvalue weighted by Crippen LogP contribution is -2.13. The van der Waals surface area contributed by atoms with Crippen LogP contribution in [0.1, 0.15) is 5.69 Å². The van der Waals surface area contributed by atoms with Crippen molar-refractivity contribution in [3.63, 3.8) is 0 Å². The number of nitrogens with one attached hydrogen (secondary N) is 1. The number of aryl methyl sites for hydroxylation is 1. The number of hydrogen-bond acceptors (Lipinski definition) is 3. The predicted molar refractivity (Wildman–Crippen MR) is 102 cm³/mol. The molecule has 0 atom stereocenters. The molecular weight excluding hydrogens is 310 g/mol. The Balaban J connectivity index is 2.05. The Kier molecular flexibility index (Phi) is 3.78. The molecule has 122 valence electrons. The van der Waals surface area contributed by atoms with Gasteiger partial charge in [-0.25, -0.2) is 0 Å². The highest BCUT2D eigenvalue weighted by Crippen LogP contribution is 2.26. The summed E-state index contributed by atoms with van der Waals surface area (Å²) in [5, 5.41) is 4.03. The number of fused-ring (bicyclic) bond motifs is 1. The van der Waals surface area contributed by atoms with E-state index in [0.29, 0.717) is 11.2 Å². The molecule has 0 fully saturated rings. The molecule has 0 bridgehead atoms. The van der Waals surface area contributed by atoms with E-state index in [4.69, 9.17) is 0 Å².